The Morgan fingerprint density at radius 1 is 1.05 bits per heavy atom. The first-order chi connectivity index (χ1) is 9.02. The molecule has 1 aliphatic rings. The predicted molar refractivity (Wildman–Crippen MR) is 70.8 cm³/mol. The quantitative estimate of drug-likeness (QED) is 0.620. The fraction of sp³-hybridized carbons (Fsp3) is 0.538. The SMILES string of the molecule is Cc1ccc(S[C@@H]2O[C@H](CO)[C@H](O)[C@@H](O)[C@@H]2O)cc1. The zero-order valence-corrected chi connectivity index (χ0v) is 11.3. The maximum Gasteiger partial charge on any atom is 0.136 e. The van der Waals surface area contributed by atoms with Gasteiger partial charge in [0.1, 0.15) is 29.9 Å². The van der Waals surface area contributed by atoms with Crippen molar-refractivity contribution in [2.45, 2.75) is 41.7 Å². The highest BCUT2D eigenvalue weighted by molar-refractivity contribution is 7.99. The molecule has 0 unspecified atom stereocenters. The van der Waals surface area contributed by atoms with Crippen LogP contribution in [0, 0.1) is 6.92 Å². The average molecular weight is 286 g/mol. The molecule has 5 nitrogen and oxygen atoms in total. The zero-order chi connectivity index (χ0) is 14.0. The molecule has 2 rings (SSSR count). The van der Waals surface area contributed by atoms with Gasteiger partial charge >= 0.3 is 0 Å². The van der Waals surface area contributed by atoms with Crippen molar-refractivity contribution < 1.29 is 25.2 Å². The van der Waals surface area contributed by atoms with Crippen molar-refractivity contribution in [2.75, 3.05) is 6.61 Å². The second-order valence-electron chi connectivity index (χ2n) is 4.63. The highest BCUT2D eigenvalue weighted by Gasteiger charge is 2.43. The van der Waals surface area contributed by atoms with Crippen molar-refractivity contribution >= 4 is 11.8 Å². The fourth-order valence-corrected chi connectivity index (χ4v) is 2.98. The Labute approximate surface area is 115 Å². The van der Waals surface area contributed by atoms with Crippen molar-refractivity contribution in [3.8, 4) is 0 Å². The lowest BCUT2D eigenvalue weighted by molar-refractivity contribution is -0.205. The van der Waals surface area contributed by atoms with Gasteiger partial charge in [0.25, 0.3) is 0 Å². The summed E-state index contributed by atoms with van der Waals surface area (Å²) in [5, 5.41) is 38.4. The van der Waals surface area contributed by atoms with Crippen molar-refractivity contribution in [1.29, 1.82) is 0 Å². The van der Waals surface area contributed by atoms with E-state index in [4.69, 9.17) is 9.84 Å². The van der Waals surface area contributed by atoms with Gasteiger partial charge in [0.15, 0.2) is 0 Å². The van der Waals surface area contributed by atoms with Gasteiger partial charge in [-0.3, -0.25) is 0 Å². The number of aliphatic hydroxyl groups excluding tert-OH is 4. The zero-order valence-electron chi connectivity index (χ0n) is 10.5. The number of rotatable bonds is 3. The summed E-state index contributed by atoms with van der Waals surface area (Å²) in [4.78, 5) is 0.884. The molecule has 1 heterocycles. The van der Waals surface area contributed by atoms with Crippen molar-refractivity contribution in [2.24, 2.45) is 0 Å². The summed E-state index contributed by atoms with van der Waals surface area (Å²) in [6, 6.07) is 7.65. The maximum atomic E-state index is 9.90. The summed E-state index contributed by atoms with van der Waals surface area (Å²) < 4.78 is 5.42. The molecule has 0 spiro atoms. The molecule has 4 N–H and O–H groups in total. The Bertz CT molecular complexity index is 408. The van der Waals surface area contributed by atoms with Crippen molar-refractivity contribution in [3.05, 3.63) is 29.8 Å². The molecule has 0 aromatic heterocycles. The highest BCUT2D eigenvalue weighted by Crippen LogP contribution is 2.33. The predicted octanol–water partition coefficient (Wildman–Crippen LogP) is -0.113. The molecule has 0 amide bonds. The second-order valence-corrected chi connectivity index (χ2v) is 5.80. The lowest BCUT2D eigenvalue weighted by atomic mass is 10.0. The van der Waals surface area contributed by atoms with E-state index in [1.54, 1.807) is 0 Å². The van der Waals surface area contributed by atoms with Gasteiger partial charge in [-0.2, -0.15) is 0 Å². The Morgan fingerprint density at radius 3 is 2.26 bits per heavy atom. The number of aliphatic hydroxyl groups is 4. The van der Waals surface area contributed by atoms with Crippen LogP contribution in [0.3, 0.4) is 0 Å². The first kappa shape index (κ1) is 14.8. The van der Waals surface area contributed by atoms with Crippen LogP contribution in [0.4, 0.5) is 0 Å². The van der Waals surface area contributed by atoms with Crippen LogP contribution in [-0.4, -0.2) is 56.9 Å². The fourth-order valence-electron chi connectivity index (χ4n) is 1.92. The third-order valence-corrected chi connectivity index (χ3v) is 4.29. The number of benzene rings is 1. The maximum absolute atomic E-state index is 9.90. The molecule has 0 aliphatic carbocycles. The van der Waals surface area contributed by atoms with Crippen LogP contribution in [0.1, 0.15) is 5.56 Å². The second kappa shape index (κ2) is 6.21. The van der Waals surface area contributed by atoms with Crippen LogP contribution in [0.25, 0.3) is 0 Å². The minimum atomic E-state index is -1.33. The van der Waals surface area contributed by atoms with Gasteiger partial charge in [-0.15, -0.1) is 0 Å². The number of aryl methyl sites for hydroxylation is 1. The van der Waals surface area contributed by atoms with E-state index in [9.17, 15) is 15.3 Å². The molecule has 1 fully saturated rings. The number of thioether (sulfide) groups is 1. The molecule has 1 aromatic carbocycles. The topological polar surface area (TPSA) is 90.2 Å². The first-order valence-corrected chi connectivity index (χ1v) is 6.94. The van der Waals surface area contributed by atoms with E-state index < -0.39 is 36.5 Å². The van der Waals surface area contributed by atoms with Gasteiger partial charge in [-0.25, -0.2) is 0 Å². The lowest BCUT2D eigenvalue weighted by Gasteiger charge is -2.39. The molecule has 106 valence electrons. The molecular weight excluding hydrogens is 268 g/mol. The van der Waals surface area contributed by atoms with Crippen LogP contribution < -0.4 is 0 Å². The Kier molecular flexibility index (Phi) is 4.83. The molecule has 6 heteroatoms. The van der Waals surface area contributed by atoms with Crippen LogP contribution >= 0.6 is 11.8 Å². The highest BCUT2D eigenvalue weighted by atomic mass is 32.2. The lowest BCUT2D eigenvalue weighted by Crippen LogP contribution is -2.57. The Hall–Kier alpha value is -0.630. The van der Waals surface area contributed by atoms with Gasteiger partial charge < -0.3 is 25.2 Å². The van der Waals surface area contributed by atoms with Gasteiger partial charge in [0, 0.05) is 4.90 Å². The third-order valence-electron chi connectivity index (χ3n) is 3.12. The summed E-state index contributed by atoms with van der Waals surface area (Å²) in [5.41, 5.74) is 0.399. The van der Waals surface area contributed by atoms with Crippen molar-refractivity contribution in [3.63, 3.8) is 0 Å². The van der Waals surface area contributed by atoms with E-state index in [0.29, 0.717) is 0 Å². The standard InChI is InChI=1S/C13H18O5S/c1-7-2-4-8(5-3-7)19-13-12(17)11(16)10(15)9(6-14)18-13/h2-5,9-17H,6H2,1H3/t9-,10+,11-,12+,13+/m1/s1. The molecule has 0 bridgehead atoms. The summed E-state index contributed by atoms with van der Waals surface area (Å²) in [6.07, 6.45) is -4.70. The van der Waals surface area contributed by atoms with Gasteiger partial charge in [-0.05, 0) is 19.1 Å². The van der Waals surface area contributed by atoms with Gasteiger partial charge in [0.2, 0.25) is 0 Å². The van der Waals surface area contributed by atoms with Gasteiger partial charge in [-0.1, -0.05) is 29.5 Å². The van der Waals surface area contributed by atoms with E-state index in [2.05, 4.69) is 0 Å². The van der Waals surface area contributed by atoms with Crippen LogP contribution in [0.2, 0.25) is 0 Å². The molecule has 0 saturated carbocycles. The Balaban J connectivity index is 2.08. The number of hydrogen-bond acceptors (Lipinski definition) is 6. The number of ether oxygens (including phenoxy) is 1. The molecule has 19 heavy (non-hydrogen) atoms. The summed E-state index contributed by atoms with van der Waals surface area (Å²) in [5.74, 6) is 0. The molecular formula is C13H18O5S. The molecule has 5 atom stereocenters. The minimum Gasteiger partial charge on any atom is -0.394 e. The van der Waals surface area contributed by atoms with E-state index in [1.165, 1.54) is 11.8 Å². The van der Waals surface area contributed by atoms with Crippen LogP contribution in [0.5, 0.6) is 0 Å². The van der Waals surface area contributed by atoms with Crippen LogP contribution in [0.15, 0.2) is 29.2 Å². The van der Waals surface area contributed by atoms with Gasteiger partial charge in [0.05, 0.1) is 6.61 Å². The largest absolute Gasteiger partial charge is 0.394 e. The van der Waals surface area contributed by atoms with E-state index in [1.807, 2.05) is 31.2 Å². The summed E-state index contributed by atoms with van der Waals surface area (Å²) in [6.45, 7) is 1.57. The molecule has 1 aromatic rings. The average Bonchev–Trinajstić information content (AvgIpc) is 2.42. The molecule has 0 radical (unpaired) electrons. The van der Waals surface area contributed by atoms with Crippen molar-refractivity contribution in [1.82, 2.24) is 0 Å². The first-order valence-electron chi connectivity index (χ1n) is 6.07. The van der Waals surface area contributed by atoms with Crippen LogP contribution in [-0.2, 0) is 4.74 Å². The van der Waals surface area contributed by atoms with E-state index in [-0.39, 0.29) is 0 Å². The molecule has 1 aliphatic heterocycles. The smallest absolute Gasteiger partial charge is 0.136 e. The normalized spacial score (nSPS) is 35.3. The summed E-state index contributed by atoms with van der Waals surface area (Å²) in [7, 11) is 0. The third kappa shape index (κ3) is 3.28. The van der Waals surface area contributed by atoms with E-state index in [0.717, 1.165) is 10.5 Å². The monoisotopic (exact) mass is 286 g/mol. The Morgan fingerprint density at radius 2 is 1.68 bits per heavy atom. The molecule has 1 saturated heterocycles. The van der Waals surface area contributed by atoms with E-state index >= 15 is 0 Å². The summed E-state index contributed by atoms with van der Waals surface area (Å²) >= 11 is 1.25. The minimum absolute atomic E-state index is 0.407. The number of hydrogen-bond donors (Lipinski definition) is 4.